The molecule has 2 aromatic rings. The summed E-state index contributed by atoms with van der Waals surface area (Å²) >= 11 is 5.85. The van der Waals surface area contributed by atoms with E-state index in [0.717, 1.165) is 11.0 Å². The Morgan fingerprint density at radius 3 is 3.06 bits per heavy atom. The minimum atomic E-state index is -0.0685. The summed E-state index contributed by atoms with van der Waals surface area (Å²) in [7, 11) is 0. The zero-order valence-electron chi connectivity index (χ0n) is 10.1. The molecule has 2 aromatic heterocycles. The van der Waals surface area contributed by atoms with Crippen molar-refractivity contribution < 1.29 is 4.79 Å². The van der Waals surface area contributed by atoms with Crippen LogP contribution in [0.15, 0.2) is 12.3 Å². The van der Waals surface area contributed by atoms with Crippen LogP contribution in [0, 0.1) is 5.92 Å². The van der Waals surface area contributed by atoms with Gasteiger partial charge in [-0.05, 0) is 23.6 Å². The van der Waals surface area contributed by atoms with Gasteiger partial charge in [0.25, 0.3) is 5.91 Å². The van der Waals surface area contributed by atoms with Crippen LogP contribution < -0.4 is 5.32 Å². The molecule has 0 spiro atoms. The molecule has 6 heteroatoms. The van der Waals surface area contributed by atoms with Gasteiger partial charge in [0.05, 0.1) is 6.04 Å². The average Bonchev–Trinajstić information content (AvgIpc) is 2.69. The van der Waals surface area contributed by atoms with Crippen LogP contribution in [-0.4, -0.2) is 27.0 Å². The van der Waals surface area contributed by atoms with Crippen LogP contribution in [-0.2, 0) is 0 Å². The fourth-order valence-corrected chi connectivity index (χ4v) is 2.54. The van der Waals surface area contributed by atoms with Crippen molar-refractivity contribution in [1.29, 1.82) is 0 Å². The number of amides is 1. The Morgan fingerprint density at radius 1 is 1.56 bits per heavy atom. The molecule has 0 saturated heterocycles. The SMILES string of the molecule is CC(C)C1CNC(=O)c2cc3cnc(Cl)nc3n21. The fourth-order valence-electron chi connectivity index (χ4n) is 2.41. The second-order valence-corrected chi connectivity index (χ2v) is 5.18. The first-order valence-electron chi connectivity index (χ1n) is 5.89. The lowest BCUT2D eigenvalue weighted by molar-refractivity contribution is 0.0907. The van der Waals surface area contributed by atoms with Crippen LogP contribution in [0.1, 0.15) is 30.4 Å². The average molecular weight is 265 g/mol. The number of fused-ring (bicyclic) bond motifs is 3. The van der Waals surface area contributed by atoms with Crippen LogP contribution in [0.5, 0.6) is 0 Å². The van der Waals surface area contributed by atoms with E-state index in [-0.39, 0.29) is 17.2 Å². The van der Waals surface area contributed by atoms with Gasteiger partial charge >= 0.3 is 0 Å². The van der Waals surface area contributed by atoms with Crippen molar-refractivity contribution in [3.8, 4) is 0 Å². The number of nitrogens with zero attached hydrogens (tertiary/aromatic N) is 3. The minimum Gasteiger partial charge on any atom is -0.349 e. The smallest absolute Gasteiger partial charge is 0.268 e. The van der Waals surface area contributed by atoms with E-state index in [4.69, 9.17) is 11.6 Å². The maximum absolute atomic E-state index is 11.9. The van der Waals surface area contributed by atoms with Gasteiger partial charge in [-0.2, -0.15) is 4.98 Å². The third kappa shape index (κ3) is 1.58. The number of hydrogen-bond acceptors (Lipinski definition) is 3. The molecule has 1 atom stereocenters. The highest BCUT2D eigenvalue weighted by atomic mass is 35.5. The molecule has 1 amide bonds. The quantitative estimate of drug-likeness (QED) is 0.802. The van der Waals surface area contributed by atoms with E-state index < -0.39 is 0 Å². The summed E-state index contributed by atoms with van der Waals surface area (Å²) in [5.41, 5.74) is 1.37. The summed E-state index contributed by atoms with van der Waals surface area (Å²) in [5.74, 6) is 0.328. The summed E-state index contributed by atoms with van der Waals surface area (Å²) < 4.78 is 1.98. The van der Waals surface area contributed by atoms with E-state index in [1.54, 1.807) is 6.20 Å². The highest BCUT2D eigenvalue weighted by molar-refractivity contribution is 6.28. The van der Waals surface area contributed by atoms with Gasteiger partial charge in [-0.25, -0.2) is 4.98 Å². The van der Waals surface area contributed by atoms with Gasteiger partial charge in [0.1, 0.15) is 11.3 Å². The Hall–Kier alpha value is -1.62. The molecule has 3 heterocycles. The molecule has 1 N–H and O–H groups in total. The normalized spacial score (nSPS) is 19.1. The largest absolute Gasteiger partial charge is 0.349 e. The molecule has 0 aromatic carbocycles. The summed E-state index contributed by atoms with van der Waals surface area (Å²) in [6.07, 6.45) is 1.65. The van der Waals surface area contributed by atoms with Gasteiger partial charge in [-0.1, -0.05) is 13.8 Å². The number of rotatable bonds is 1. The maximum Gasteiger partial charge on any atom is 0.268 e. The number of hydrogen-bond donors (Lipinski definition) is 1. The molecule has 18 heavy (non-hydrogen) atoms. The van der Waals surface area contributed by atoms with Crippen LogP contribution in [0.2, 0.25) is 5.28 Å². The van der Waals surface area contributed by atoms with Crippen LogP contribution >= 0.6 is 11.6 Å². The first kappa shape index (κ1) is 11.5. The molecule has 1 aliphatic heterocycles. The molecule has 0 saturated carbocycles. The Labute approximate surface area is 109 Å². The lowest BCUT2D eigenvalue weighted by Gasteiger charge is -2.29. The van der Waals surface area contributed by atoms with Gasteiger partial charge in [-0.3, -0.25) is 4.79 Å². The molecule has 3 rings (SSSR count). The third-order valence-corrected chi connectivity index (χ3v) is 3.53. The van der Waals surface area contributed by atoms with Gasteiger partial charge in [0, 0.05) is 18.1 Å². The Kier molecular flexibility index (Phi) is 2.52. The standard InChI is InChI=1S/C12H13ClN4O/c1-6(2)9-5-14-11(18)8-3-7-4-15-12(13)16-10(7)17(8)9/h3-4,6,9H,5H2,1-2H3,(H,14,18). The molecular formula is C12H13ClN4O. The Balaban J connectivity index is 2.31. The predicted octanol–water partition coefficient (Wildman–Crippen LogP) is 2.03. The topological polar surface area (TPSA) is 59.8 Å². The molecule has 94 valence electrons. The van der Waals surface area contributed by atoms with E-state index in [0.29, 0.717) is 18.2 Å². The first-order valence-corrected chi connectivity index (χ1v) is 6.27. The fraction of sp³-hybridized carbons (Fsp3) is 0.417. The monoisotopic (exact) mass is 264 g/mol. The summed E-state index contributed by atoms with van der Waals surface area (Å²) in [4.78, 5) is 20.1. The van der Waals surface area contributed by atoms with Crippen molar-refractivity contribution in [1.82, 2.24) is 19.9 Å². The lowest BCUT2D eigenvalue weighted by Crippen LogP contribution is -2.40. The summed E-state index contributed by atoms with van der Waals surface area (Å²) in [6.45, 7) is 4.87. The van der Waals surface area contributed by atoms with Crippen molar-refractivity contribution >= 4 is 28.5 Å². The number of carbonyl (C=O) groups excluding carboxylic acids is 1. The first-order chi connectivity index (χ1) is 8.58. The van der Waals surface area contributed by atoms with Gasteiger partial charge < -0.3 is 9.88 Å². The minimum absolute atomic E-state index is 0.0685. The lowest BCUT2D eigenvalue weighted by atomic mass is 10.0. The number of carbonyl (C=O) groups is 1. The maximum atomic E-state index is 11.9. The molecule has 5 nitrogen and oxygen atoms in total. The molecule has 0 radical (unpaired) electrons. The van der Waals surface area contributed by atoms with E-state index in [9.17, 15) is 4.79 Å². The summed E-state index contributed by atoms with van der Waals surface area (Å²) in [6, 6.07) is 2.01. The van der Waals surface area contributed by atoms with Gasteiger partial charge in [0.2, 0.25) is 5.28 Å². The zero-order chi connectivity index (χ0) is 12.9. The van der Waals surface area contributed by atoms with Crippen LogP contribution in [0.3, 0.4) is 0 Å². The highest BCUT2D eigenvalue weighted by Crippen LogP contribution is 2.29. The third-order valence-electron chi connectivity index (χ3n) is 3.35. The number of aromatic nitrogens is 3. The Morgan fingerprint density at radius 2 is 2.33 bits per heavy atom. The van der Waals surface area contributed by atoms with Crippen LogP contribution in [0.4, 0.5) is 0 Å². The van der Waals surface area contributed by atoms with Crippen molar-refractivity contribution in [3.63, 3.8) is 0 Å². The molecule has 0 bridgehead atoms. The van der Waals surface area contributed by atoms with Gasteiger partial charge in [0.15, 0.2) is 0 Å². The van der Waals surface area contributed by atoms with E-state index in [1.165, 1.54) is 0 Å². The predicted molar refractivity (Wildman–Crippen MR) is 68.7 cm³/mol. The molecule has 0 fully saturated rings. The molecule has 1 aliphatic rings. The van der Waals surface area contributed by atoms with Crippen molar-refractivity contribution in [2.75, 3.05) is 6.54 Å². The van der Waals surface area contributed by atoms with Crippen LogP contribution in [0.25, 0.3) is 11.0 Å². The second-order valence-electron chi connectivity index (χ2n) is 4.84. The van der Waals surface area contributed by atoms with Crippen molar-refractivity contribution in [2.24, 2.45) is 5.92 Å². The van der Waals surface area contributed by atoms with Gasteiger partial charge in [-0.15, -0.1) is 0 Å². The second kappa shape index (κ2) is 3.95. The highest BCUT2D eigenvalue weighted by Gasteiger charge is 2.29. The number of nitrogens with one attached hydrogen (secondary N) is 1. The zero-order valence-corrected chi connectivity index (χ0v) is 10.9. The molecular weight excluding hydrogens is 252 g/mol. The molecule has 0 aliphatic carbocycles. The summed E-state index contributed by atoms with van der Waals surface area (Å²) in [5, 5.41) is 3.95. The molecule has 1 unspecified atom stereocenters. The number of halogens is 1. The van der Waals surface area contributed by atoms with E-state index >= 15 is 0 Å². The van der Waals surface area contributed by atoms with E-state index in [2.05, 4.69) is 29.1 Å². The van der Waals surface area contributed by atoms with Crippen molar-refractivity contribution in [3.05, 3.63) is 23.2 Å². The van der Waals surface area contributed by atoms with Crippen molar-refractivity contribution in [2.45, 2.75) is 19.9 Å². The van der Waals surface area contributed by atoms with E-state index in [1.807, 2.05) is 10.6 Å². The Bertz CT molecular complexity index is 634.